The third-order valence-corrected chi connectivity index (χ3v) is 7.65. The van der Waals surface area contributed by atoms with Gasteiger partial charge < -0.3 is 24.4 Å². The maximum Gasteiger partial charge on any atom is 0.236 e. The summed E-state index contributed by atoms with van der Waals surface area (Å²) in [6.45, 7) is 6.11. The number of nitrogens with one attached hydrogen (secondary N) is 1. The molecule has 1 fully saturated rings. The lowest BCUT2D eigenvalue weighted by Crippen LogP contribution is -2.54. The van der Waals surface area contributed by atoms with Gasteiger partial charge in [-0.1, -0.05) is 18.2 Å². The minimum absolute atomic E-state index is 0.0254. The number of benzene rings is 2. The van der Waals surface area contributed by atoms with Crippen molar-refractivity contribution in [3.8, 4) is 23.2 Å². The highest BCUT2D eigenvalue weighted by Gasteiger charge is 2.31. The van der Waals surface area contributed by atoms with E-state index in [4.69, 9.17) is 19.2 Å². The molecule has 1 N–H and O–H groups in total. The van der Waals surface area contributed by atoms with Gasteiger partial charge in [-0.05, 0) is 48.4 Å². The van der Waals surface area contributed by atoms with Gasteiger partial charge in [-0.2, -0.15) is 4.98 Å². The topological polar surface area (TPSA) is 107 Å². The van der Waals surface area contributed by atoms with Crippen molar-refractivity contribution in [3.05, 3.63) is 84.6 Å². The predicted molar refractivity (Wildman–Crippen MR) is 157 cm³/mol. The van der Waals surface area contributed by atoms with Gasteiger partial charge >= 0.3 is 0 Å². The van der Waals surface area contributed by atoms with Gasteiger partial charge in [0.1, 0.15) is 31.1 Å². The maximum atomic E-state index is 13.5. The molecule has 0 aliphatic carbocycles. The zero-order valence-electron chi connectivity index (χ0n) is 23.8. The van der Waals surface area contributed by atoms with E-state index >= 15 is 0 Å². The molecule has 11 nitrogen and oxygen atoms in total. The zero-order valence-corrected chi connectivity index (χ0v) is 23.8. The number of carbonyl (C=O) groups excluding carboxylic acids is 1. The standard InChI is InChI=1S/C31H35N7O4/c1-22(24-5-8-27-28(17-24)42-16-15-41-27)34-30(39)18-25-20-36(19-23-3-6-26(40-2)7-4-23)13-14-38(25)29-9-10-33-31(35-29)37-12-11-32-21-37/h3-12,17,21-22,25H,13-16,18-20H2,1-2H3,(H,34,39). The fraction of sp³-hybridized carbons (Fsp3) is 0.355. The Kier molecular flexibility index (Phi) is 8.18. The molecule has 2 aromatic heterocycles. The van der Waals surface area contributed by atoms with E-state index in [1.165, 1.54) is 5.56 Å². The molecule has 2 aliphatic rings. The van der Waals surface area contributed by atoms with E-state index in [1.54, 1.807) is 30.4 Å². The Morgan fingerprint density at radius 3 is 2.69 bits per heavy atom. The number of rotatable bonds is 9. The Balaban J connectivity index is 1.18. The lowest BCUT2D eigenvalue weighted by Gasteiger charge is -2.42. The molecule has 1 amide bonds. The monoisotopic (exact) mass is 569 g/mol. The predicted octanol–water partition coefficient (Wildman–Crippen LogP) is 3.40. The first-order valence-corrected chi connectivity index (χ1v) is 14.2. The van der Waals surface area contributed by atoms with Gasteiger partial charge in [0, 0.05) is 51.2 Å². The smallest absolute Gasteiger partial charge is 0.236 e. The lowest BCUT2D eigenvalue weighted by atomic mass is 10.0. The highest BCUT2D eigenvalue weighted by molar-refractivity contribution is 5.77. The van der Waals surface area contributed by atoms with E-state index < -0.39 is 0 Å². The highest BCUT2D eigenvalue weighted by atomic mass is 16.6. The molecule has 0 bridgehead atoms. The fourth-order valence-electron chi connectivity index (χ4n) is 5.46. The number of fused-ring (bicyclic) bond motifs is 1. The van der Waals surface area contributed by atoms with Crippen molar-refractivity contribution in [2.75, 3.05) is 44.9 Å². The molecule has 6 rings (SSSR count). The van der Waals surface area contributed by atoms with Crippen LogP contribution in [0, 0.1) is 0 Å². The maximum absolute atomic E-state index is 13.5. The summed E-state index contributed by atoms with van der Waals surface area (Å²) in [5, 5.41) is 3.19. The molecule has 2 unspecified atom stereocenters. The number of anilines is 1. The van der Waals surface area contributed by atoms with Gasteiger partial charge in [0.05, 0.1) is 19.2 Å². The summed E-state index contributed by atoms with van der Waals surface area (Å²) in [7, 11) is 1.67. The molecule has 2 atom stereocenters. The molecule has 4 heterocycles. The number of methoxy groups -OCH3 is 1. The molecule has 4 aromatic rings. The Bertz CT molecular complexity index is 1500. The second kappa shape index (κ2) is 12.5. The van der Waals surface area contributed by atoms with Crippen LogP contribution in [-0.4, -0.2) is 76.3 Å². The molecule has 42 heavy (non-hydrogen) atoms. The van der Waals surface area contributed by atoms with Gasteiger partial charge in [-0.15, -0.1) is 0 Å². The largest absolute Gasteiger partial charge is 0.497 e. The molecule has 2 aromatic carbocycles. The SMILES string of the molecule is COc1ccc(CN2CCN(c3ccnc(-n4ccnc4)n3)C(CC(=O)NC(C)c3ccc4c(c3)OCCO4)C2)cc1. The van der Waals surface area contributed by atoms with Gasteiger partial charge in [0.2, 0.25) is 11.9 Å². The zero-order chi connectivity index (χ0) is 28.9. The summed E-state index contributed by atoms with van der Waals surface area (Å²) in [6.07, 6.45) is 7.26. The number of amides is 1. The first-order chi connectivity index (χ1) is 20.6. The van der Waals surface area contributed by atoms with Crippen LogP contribution in [0.5, 0.6) is 17.2 Å². The lowest BCUT2D eigenvalue weighted by molar-refractivity contribution is -0.122. The van der Waals surface area contributed by atoms with Crippen molar-refractivity contribution in [1.82, 2.24) is 29.7 Å². The van der Waals surface area contributed by atoms with Crippen LogP contribution >= 0.6 is 0 Å². The van der Waals surface area contributed by atoms with Crippen molar-refractivity contribution in [2.24, 2.45) is 0 Å². The Morgan fingerprint density at radius 2 is 1.90 bits per heavy atom. The summed E-state index contributed by atoms with van der Waals surface area (Å²) in [6, 6.07) is 15.6. The fourth-order valence-corrected chi connectivity index (χ4v) is 5.46. The highest BCUT2D eigenvalue weighted by Crippen LogP contribution is 2.32. The summed E-state index contributed by atoms with van der Waals surface area (Å²) in [4.78, 5) is 31.4. The first kappa shape index (κ1) is 27.5. The third-order valence-electron chi connectivity index (χ3n) is 7.65. The summed E-state index contributed by atoms with van der Waals surface area (Å²) in [5.74, 6) is 3.59. The minimum atomic E-state index is -0.187. The van der Waals surface area contributed by atoms with Gasteiger partial charge in [-0.3, -0.25) is 14.3 Å². The number of nitrogens with zero attached hydrogens (tertiary/aromatic N) is 6. The molecule has 0 saturated carbocycles. The quantitative estimate of drug-likeness (QED) is 0.325. The van der Waals surface area contributed by atoms with Gasteiger partial charge in [0.15, 0.2) is 11.5 Å². The molecule has 0 spiro atoms. The average Bonchev–Trinajstić information content (AvgIpc) is 3.57. The van der Waals surface area contributed by atoms with Crippen LogP contribution in [0.2, 0.25) is 0 Å². The Morgan fingerprint density at radius 1 is 1.07 bits per heavy atom. The van der Waals surface area contributed by atoms with E-state index in [1.807, 2.05) is 49.5 Å². The first-order valence-electron chi connectivity index (χ1n) is 14.2. The van der Waals surface area contributed by atoms with Crippen molar-refractivity contribution in [3.63, 3.8) is 0 Å². The number of carbonyl (C=O) groups is 1. The van der Waals surface area contributed by atoms with Crippen LogP contribution in [0.25, 0.3) is 5.95 Å². The molecule has 1 saturated heterocycles. The molecule has 11 heteroatoms. The summed E-state index contributed by atoms with van der Waals surface area (Å²) >= 11 is 0. The number of hydrogen-bond acceptors (Lipinski definition) is 9. The average molecular weight is 570 g/mol. The second-order valence-electron chi connectivity index (χ2n) is 10.5. The minimum Gasteiger partial charge on any atom is -0.497 e. The summed E-state index contributed by atoms with van der Waals surface area (Å²) in [5.41, 5.74) is 2.17. The van der Waals surface area contributed by atoms with E-state index in [0.717, 1.165) is 42.5 Å². The number of aromatic nitrogens is 4. The second-order valence-corrected chi connectivity index (χ2v) is 10.5. The third kappa shape index (κ3) is 6.31. The van der Waals surface area contributed by atoms with E-state index in [0.29, 0.717) is 37.9 Å². The number of imidazole rings is 1. The van der Waals surface area contributed by atoms with Crippen molar-refractivity contribution in [2.45, 2.75) is 32.0 Å². The van der Waals surface area contributed by atoms with Crippen LogP contribution in [0.15, 0.2) is 73.4 Å². The van der Waals surface area contributed by atoms with Gasteiger partial charge in [-0.25, -0.2) is 9.97 Å². The van der Waals surface area contributed by atoms with Crippen molar-refractivity contribution >= 4 is 11.7 Å². The Hall–Kier alpha value is -4.64. The number of piperazine rings is 1. The van der Waals surface area contributed by atoms with E-state index in [-0.39, 0.29) is 18.0 Å². The normalized spacial score (nSPS) is 17.5. The molecular formula is C31H35N7O4. The number of hydrogen-bond donors (Lipinski definition) is 1. The van der Waals surface area contributed by atoms with E-state index in [9.17, 15) is 4.79 Å². The van der Waals surface area contributed by atoms with Crippen molar-refractivity contribution in [1.29, 1.82) is 0 Å². The number of ether oxygens (including phenoxy) is 3. The van der Waals surface area contributed by atoms with Crippen LogP contribution in [0.1, 0.15) is 30.5 Å². The van der Waals surface area contributed by atoms with E-state index in [2.05, 4.69) is 37.2 Å². The van der Waals surface area contributed by atoms with Crippen LogP contribution in [0.3, 0.4) is 0 Å². The molecule has 2 aliphatic heterocycles. The van der Waals surface area contributed by atoms with Crippen LogP contribution in [0.4, 0.5) is 5.82 Å². The van der Waals surface area contributed by atoms with Gasteiger partial charge in [0.25, 0.3) is 0 Å². The van der Waals surface area contributed by atoms with Crippen LogP contribution < -0.4 is 24.4 Å². The molecular weight excluding hydrogens is 534 g/mol. The summed E-state index contributed by atoms with van der Waals surface area (Å²) < 4.78 is 18.5. The Labute approximate surface area is 245 Å². The van der Waals surface area contributed by atoms with Crippen LogP contribution in [-0.2, 0) is 11.3 Å². The molecule has 218 valence electrons. The van der Waals surface area contributed by atoms with Crippen molar-refractivity contribution < 1.29 is 19.0 Å². The molecule has 0 radical (unpaired) electrons.